The Bertz CT molecular complexity index is 1070. The van der Waals surface area contributed by atoms with Crippen molar-refractivity contribution in [3.63, 3.8) is 0 Å². The summed E-state index contributed by atoms with van der Waals surface area (Å²) in [6.45, 7) is 0.743. The van der Waals surface area contributed by atoms with E-state index in [-0.39, 0.29) is 28.5 Å². The summed E-state index contributed by atoms with van der Waals surface area (Å²) in [5, 5.41) is 21.9. The van der Waals surface area contributed by atoms with Crippen LogP contribution in [-0.4, -0.2) is 66.0 Å². The van der Waals surface area contributed by atoms with Crippen molar-refractivity contribution in [1.82, 2.24) is 9.80 Å². The normalized spacial score (nSPS) is 18.1. The van der Waals surface area contributed by atoms with Crippen molar-refractivity contribution in [2.45, 2.75) is 6.04 Å². The van der Waals surface area contributed by atoms with Gasteiger partial charge in [-0.3, -0.25) is 9.59 Å². The number of ketones is 1. The molecule has 0 radical (unpaired) electrons. The number of rotatable bonds is 6. The Morgan fingerprint density at radius 2 is 1.84 bits per heavy atom. The van der Waals surface area contributed by atoms with Crippen molar-refractivity contribution in [2.75, 3.05) is 34.3 Å². The van der Waals surface area contributed by atoms with Crippen LogP contribution < -0.4 is 4.74 Å². The zero-order chi connectivity index (χ0) is 22.9. The molecule has 1 aliphatic heterocycles. The zero-order valence-corrected chi connectivity index (χ0v) is 18.7. The van der Waals surface area contributed by atoms with Crippen molar-refractivity contribution < 1.29 is 24.5 Å². The Kier molecular flexibility index (Phi) is 6.79. The Labute approximate surface area is 190 Å². The van der Waals surface area contributed by atoms with Crippen LogP contribution in [-0.2, 0) is 9.59 Å². The minimum Gasteiger partial charge on any atom is -0.507 e. The van der Waals surface area contributed by atoms with Gasteiger partial charge < -0.3 is 24.7 Å². The number of nitrogens with zero attached hydrogens (tertiary/aromatic N) is 2. The number of likely N-dealkylation sites (tertiary alicyclic amines) is 1. The monoisotopic (exact) mass is 464 g/mol. The van der Waals surface area contributed by atoms with Gasteiger partial charge in [0.25, 0.3) is 11.7 Å². The third-order valence-electron chi connectivity index (χ3n) is 5.05. The lowest BCUT2D eigenvalue weighted by Gasteiger charge is -2.26. The van der Waals surface area contributed by atoms with Gasteiger partial charge in [0.1, 0.15) is 17.3 Å². The SMILES string of the molecule is COc1ccc(C(O)=C2C(=O)C(=O)N(CCN(C)C)[C@H]2c2ccc(Cl)c(Cl)c2)c(O)c1. The van der Waals surface area contributed by atoms with Gasteiger partial charge in [0.2, 0.25) is 0 Å². The van der Waals surface area contributed by atoms with Crippen molar-refractivity contribution in [3.8, 4) is 11.5 Å². The summed E-state index contributed by atoms with van der Waals surface area (Å²) in [7, 11) is 5.13. The van der Waals surface area contributed by atoms with Gasteiger partial charge in [-0.1, -0.05) is 29.3 Å². The number of aliphatic hydroxyl groups excluding tert-OH is 1. The quantitative estimate of drug-likeness (QED) is 0.384. The van der Waals surface area contributed by atoms with Crippen LogP contribution in [0.25, 0.3) is 5.76 Å². The molecule has 1 amide bonds. The smallest absolute Gasteiger partial charge is 0.295 e. The summed E-state index contributed by atoms with van der Waals surface area (Å²) >= 11 is 12.2. The molecule has 1 heterocycles. The number of methoxy groups -OCH3 is 1. The van der Waals surface area contributed by atoms with E-state index in [2.05, 4.69) is 0 Å². The lowest BCUT2D eigenvalue weighted by Crippen LogP contribution is -2.35. The number of halogens is 2. The second kappa shape index (κ2) is 9.18. The Morgan fingerprint density at radius 1 is 1.13 bits per heavy atom. The molecule has 0 unspecified atom stereocenters. The van der Waals surface area contributed by atoms with Crippen molar-refractivity contribution >= 4 is 40.7 Å². The van der Waals surface area contributed by atoms with Crippen LogP contribution in [0.1, 0.15) is 17.2 Å². The molecular weight excluding hydrogens is 443 g/mol. The molecule has 7 nitrogen and oxygen atoms in total. The van der Waals surface area contributed by atoms with E-state index in [4.69, 9.17) is 27.9 Å². The van der Waals surface area contributed by atoms with Crippen LogP contribution in [0.15, 0.2) is 42.0 Å². The second-order valence-corrected chi connectivity index (χ2v) is 8.17. The molecule has 0 aromatic heterocycles. The number of aliphatic hydroxyl groups is 1. The number of Topliss-reactive ketones (excluding diaryl/α,β-unsaturated/α-hetero) is 1. The lowest BCUT2D eigenvalue weighted by atomic mass is 9.95. The van der Waals surface area contributed by atoms with Gasteiger partial charge in [0.05, 0.1) is 34.3 Å². The zero-order valence-electron chi connectivity index (χ0n) is 17.2. The number of ether oxygens (including phenoxy) is 1. The van der Waals surface area contributed by atoms with E-state index in [1.165, 1.54) is 30.2 Å². The number of carbonyl (C=O) groups is 2. The van der Waals surface area contributed by atoms with Gasteiger partial charge in [-0.2, -0.15) is 0 Å². The highest BCUT2D eigenvalue weighted by molar-refractivity contribution is 6.47. The molecule has 3 rings (SSSR count). The first-order chi connectivity index (χ1) is 14.6. The number of benzene rings is 2. The fraction of sp³-hybridized carbons (Fsp3) is 0.273. The number of hydrogen-bond acceptors (Lipinski definition) is 6. The van der Waals surface area contributed by atoms with Crippen LogP contribution >= 0.6 is 23.2 Å². The Morgan fingerprint density at radius 3 is 2.42 bits per heavy atom. The predicted octanol–water partition coefficient (Wildman–Crippen LogP) is 3.69. The first-order valence-corrected chi connectivity index (χ1v) is 10.2. The maximum atomic E-state index is 13.0. The van der Waals surface area contributed by atoms with Crippen molar-refractivity contribution in [2.24, 2.45) is 0 Å². The molecule has 31 heavy (non-hydrogen) atoms. The molecule has 1 fully saturated rings. The molecule has 0 spiro atoms. The van der Waals surface area contributed by atoms with E-state index in [1.807, 2.05) is 19.0 Å². The molecule has 1 saturated heterocycles. The second-order valence-electron chi connectivity index (χ2n) is 7.35. The average molecular weight is 465 g/mol. The van der Waals surface area contributed by atoms with Crippen LogP contribution in [0, 0.1) is 0 Å². The average Bonchev–Trinajstić information content (AvgIpc) is 2.98. The third kappa shape index (κ3) is 4.49. The first kappa shape index (κ1) is 22.9. The largest absolute Gasteiger partial charge is 0.507 e. The molecule has 0 bridgehead atoms. The van der Waals surface area contributed by atoms with Crippen molar-refractivity contribution in [3.05, 3.63) is 63.1 Å². The lowest BCUT2D eigenvalue weighted by molar-refractivity contribution is -0.140. The van der Waals surface area contributed by atoms with Gasteiger partial charge in [0.15, 0.2) is 0 Å². The number of likely N-dealkylation sites (N-methyl/N-ethyl adjacent to an activating group) is 1. The summed E-state index contributed by atoms with van der Waals surface area (Å²) in [6, 6.07) is 8.14. The molecule has 164 valence electrons. The summed E-state index contributed by atoms with van der Waals surface area (Å²) in [4.78, 5) is 29.1. The third-order valence-corrected chi connectivity index (χ3v) is 5.79. The summed E-state index contributed by atoms with van der Waals surface area (Å²) < 4.78 is 5.06. The number of aromatic hydroxyl groups is 1. The van der Waals surface area contributed by atoms with Crippen LogP contribution in [0.2, 0.25) is 10.0 Å². The fourth-order valence-corrected chi connectivity index (χ4v) is 3.74. The van der Waals surface area contributed by atoms with E-state index in [0.717, 1.165) is 0 Å². The van der Waals surface area contributed by atoms with Gasteiger partial charge in [0, 0.05) is 19.2 Å². The topological polar surface area (TPSA) is 90.3 Å². The van der Waals surface area contributed by atoms with Gasteiger partial charge >= 0.3 is 0 Å². The summed E-state index contributed by atoms with van der Waals surface area (Å²) in [5.74, 6) is -1.98. The minimum absolute atomic E-state index is 0.0106. The molecular formula is C22H22Cl2N2O5. The highest BCUT2D eigenvalue weighted by atomic mass is 35.5. The number of hydrogen-bond donors (Lipinski definition) is 2. The minimum atomic E-state index is -0.892. The van der Waals surface area contributed by atoms with Crippen LogP contribution in [0.5, 0.6) is 11.5 Å². The molecule has 9 heteroatoms. The highest BCUT2D eigenvalue weighted by Gasteiger charge is 2.46. The number of amides is 1. The maximum absolute atomic E-state index is 13.0. The molecule has 1 atom stereocenters. The predicted molar refractivity (Wildman–Crippen MR) is 119 cm³/mol. The Balaban J connectivity index is 2.19. The van der Waals surface area contributed by atoms with E-state index in [9.17, 15) is 19.8 Å². The number of phenolic OH excluding ortho intramolecular Hbond substituents is 1. The standard InChI is InChI=1S/C22H22Cl2N2O5/c1-25(2)8-9-26-19(12-4-7-15(23)16(24)10-12)18(21(29)22(26)30)20(28)14-6-5-13(31-3)11-17(14)27/h4-7,10-11,19,27-28H,8-9H2,1-3H3/t19-/m0/s1. The fourth-order valence-electron chi connectivity index (χ4n) is 3.43. The molecule has 1 aliphatic rings. The van der Waals surface area contributed by atoms with E-state index in [0.29, 0.717) is 22.9 Å². The molecule has 0 saturated carbocycles. The number of carbonyl (C=O) groups excluding carboxylic acids is 2. The highest BCUT2D eigenvalue weighted by Crippen LogP contribution is 2.42. The first-order valence-electron chi connectivity index (χ1n) is 9.41. The molecule has 2 aromatic carbocycles. The maximum Gasteiger partial charge on any atom is 0.295 e. The Hall–Kier alpha value is -2.74. The van der Waals surface area contributed by atoms with Gasteiger partial charge in [-0.15, -0.1) is 0 Å². The molecule has 2 aromatic rings. The van der Waals surface area contributed by atoms with Gasteiger partial charge in [-0.25, -0.2) is 0 Å². The van der Waals surface area contributed by atoms with Crippen LogP contribution in [0.4, 0.5) is 0 Å². The van der Waals surface area contributed by atoms with Crippen LogP contribution in [0.3, 0.4) is 0 Å². The molecule has 0 aliphatic carbocycles. The van der Waals surface area contributed by atoms with Gasteiger partial charge in [-0.05, 0) is 43.9 Å². The molecule has 2 N–H and O–H groups in total. The van der Waals surface area contributed by atoms with E-state index >= 15 is 0 Å². The van der Waals surface area contributed by atoms with E-state index < -0.39 is 23.5 Å². The van der Waals surface area contributed by atoms with Crippen molar-refractivity contribution in [1.29, 1.82) is 0 Å². The summed E-state index contributed by atoms with van der Waals surface area (Å²) in [5.41, 5.74) is 0.390. The summed E-state index contributed by atoms with van der Waals surface area (Å²) in [6.07, 6.45) is 0. The number of phenols is 1. The van der Waals surface area contributed by atoms with E-state index in [1.54, 1.807) is 18.2 Å².